The maximum Gasteiger partial charge on any atom is 0.309 e. The van der Waals surface area contributed by atoms with Crippen LogP contribution < -0.4 is 0 Å². The first kappa shape index (κ1) is 30.1. The van der Waals surface area contributed by atoms with E-state index in [2.05, 4.69) is 19.1 Å². The summed E-state index contributed by atoms with van der Waals surface area (Å²) < 4.78 is 0.249. The Morgan fingerprint density at radius 3 is 1.34 bits per heavy atom. The topological polar surface area (TPSA) is 112 Å². The molecular weight excluding hydrogens is 410 g/mol. The third kappa shape index (κ3) is 18.8. The number of carbonyl (C=O) groups is 3. The Kier molecular flexibility index (Phi) is 18.6. The fourth-order valence-electron chi connectivity index (χ4n) is 4.01. The second-order valence-corrected chi connectivity index (χ2v) is 8.90. The predicted octanol–water partition coefficient (Wildman–Crippen LogP) is 5.48. The highest BCUT2D eigenvalue weighted by molar-refractivity contribution is 5.67. The molecule has 0 spiro atoms. The van der Waals surface area contributed by atoms with Crippen molar-refractivity contribution in [3.63, 3.8) is 0 Å². The van der Waals surface area contributed by atoms with Gasteiger partial charge in [-0.15, -0.1) is 0 Å². The van der Waals surface area contributed by atoms with E-state index in [1.54, 1.807) is 0 Å². The first-order chi connectivity index (χ1) is 15.3. The van der Waals surface area contributed by atoms with Crippen LogP contribution in [-0.2, 0) is 14.4 Å². The number of nitrogens with zero attached hydrogens (tertiary/aromatic N) is 1. The summed E-state index contributed by atoms with van der Waals surface area (Å²) >= 11 is 0. The fraction of sp³-hybridized carbons (Fsp3) is 0.800. The highest BCUT2D eigenvalue weighted by atomic mass is 16.4. The minimum absolute atomic E-state index is 0.0828. The van der Waals surface area contributed by atoms with Gasteiger partial charge < -0.3 is 19.8 Å². The first-order valence-corrected chi connectivity index (χ1v) is 12.5. The molecule has 0 saturated carbocycles. The summed E-state index contributed by atoms with van der Waals surface area (Å²) in [6.07, 6.45) is 18.5. The average molecular weight is 457 g/mol. The summed E-state index contributed by atoms with van der Waals surface area (Å²) in [4.78, 5) is 33.2. The number of carboxylic acid groups (broad SMARTS) is 3. The largest absolute Gasteiger partial charge is 0.481 e. The van der Waals surface area contributed by atoms with Crippen LogP contribution in [0.4, 0.5) is 0 Å². The van der Waals surface area contributed by atoms with Crippen molar-refractivity contribution in [3.05, 3.63) is 12.2 Å². The van der Waals surface area contributed by atoms with E-state index in [0.717, 1.165) is 32.1 Å². The lowest BCUT2D eigenvalue weighted by Gasteiger charge is -2.38. The van der Waals surface area contributed by atoms with Gasteiger partial charge in [0.15, 0.2) is 0 Å². The van der Waals surface area contributed by atoms with Crippen molar-refractivity contribution in [1.29, 1.82) is 0 Å². The number of carboxylic acids is 3. The minimum Gasteiger partial charge on any atom is -0.481 e. The maximum atomic E-state index is 11.1. The molecule has 0 aromatic heterocycles. The Labute approximate surface area is 194 Å². The lowest BCUT2D eigenvalue weighted by atomic mass is 10.1. The standard InChI is InChI=1S/C25H45NO6/c1-2-3-4-5-6-7-8-9-10-11-12-13-14-15-19-26(20-16-23(27)28,21-17-24(29)30)22-18-25(31)32/h10-11H,2-9,12-22H2,1H3,(H2-,27,28,29,30,31,32)/p+1/b11-10+. The predicted molar refractivity (Wildman–Crippen MR) is 127 cm³/mol. The van der Waals surface area contributed by atoms with Crippen LogP contribution in [0.3, 0.4) is 0 Å². The third-order valence-corrected chi connectivity index (χ3v) is 6.04. The van der Waals surface area contributed by atoms with E-state index in [0.29, 0.717) is 6.54 Å². The summed E-state index contributed by atoms with van der Waals surface area (Å²) in [6, 6.07) is 0. The maximum absolute atomic E-state index is 11.1. The van der Waals surface area contributed by atoms with Gasteiger partial charge in [0.05, 0.1) is 45.4 Å². The Morgan fingerprint density at radius 1 is 0.562 bits per heavy atom. The van der Waals surface area contributed by atoms with Crippen LogP contribution in [0.2, 0.25) is 0 Å². The first-order valence-electron chi connectivity index (χ1n) is 12.5. The van der Waals surface area contributed by atoms with E-state index < -0.39 is 17.9 Å². The molecule has 0 aromatic carbocycles. The molecule has 0 radical (unpaired) electrons. The molecule has 0 fully saturated rings. The zero-order chi connectivity index (χ0) is 24.1. The quantitative estimate of drug-likeness (QED) is 0.107. The smallest absolute Gasteiger partial charge is 0.309 e. The Bertz CT molecular complexity index is 501. The van der Waals surface area contributed by atoms with E-state index in [1.165, 1.54) is 44.9 Å². The van der Waals surface area contributed by atoms with E-state index >= 15 is 0 Å². The molecule has 32 heavy (non-hydrogen) atoms. The molecule has 0 heterocycles. The fourth-order valence-corrected chi connectivity index (χ4v) is 4.01. The van der Waals surface area contributed by atoms with E-state index in [-0.39, 0.29) is 43.4 Å². The molecule has 7 nitrogen and oxygen atoms in total. The van der Waals surface area contributed by atoms with Gasteiger partial charge in [0, 0.05) is 0 Å². The van der Waals surface area contributed by atoms with E-state index in [4.69, 9.17) is 15.3 Å². The van der Waals surface area contributed by atoms with Gasteiger partial charge in [-0.1, -0.05) is 57.6 Å². The van der Waals surface area contributed by atoms with Crippen molar-refractivity contribution in [2.24, 2.45) is 0 Å². The van der Waals surface area contributed by atoms with Crippen molar-refractivity contribution in [1.82, 2.24) is 0 Å². The number of aliphatic carboxylic acids is 3. The Hall–Kier alpha value is -1.89. The molecule has 3 N–H and O–H groups in total. The van der Waals surface area contributed by atoms with Crippen molar-refractivity contribution < 1.29 is 34.2 Å². The molecule has 0 aromatic rings. The Morgan fingerprint density at radius 2 is 0.938 bits per heavy atom. The molecule has 7 heteroatoms. The van der Waals surface area contributed by atoms with E-state index in [1.807, 2.05) is 0 Å². The summed E-state index contributed by atoms with van der Waals surface area (Å²) in [5, 5.41) is 27.2. The molecule has 0 aliphatic rings. The van der Waals surface area contributed by atoms with Crippen molar-refractivity contribution in [3.8, 4) is 0 Å². The second-order valence-electron chi connectivity index (χ2n) is 8.90. The van der Waals surface area contributed by atoms with Crippen LogP contribution in [0.5, 0.6) is 0 Å². The summed E-state index contributed by atoms with van der Waals surface area (Å²) in [5.74, 6) is -2.82. The zero-order valence-electron chi connectivity index (χ0n) is 20.1. The molecular formula is C25H46NO6+. The molecule has 186 valence electrons. The van der Waals surface area contributed by atoms with Crippen LogP contribution in [0.25, 0.3) is 0 Å². The van der Waals surface area contributed by atoms with Crippen LogP contribution >= 0.6 is 0 Å². The Balaban J connectivity index is 4.27. The lowest BCUT2D eigenvalue weighted by Crippen LogP contribution is -2.52. The normalized spacial score (nSPS) is 11.8. The van der Waals surface area contributed by atoms with Crippen molar-refractivity contribution >= 4 is 17.9 Å². The average Bonchev–Trinajstić information content (AvgIpc) is 2.74. The molecule has 0 unspecified atom stereocenters. The SMILES string of the molecule is CCCCCCCCC/C=C/CCCCC[N+](CCC(=O)O)(CCC(=O)O)CCC(=O)O. The lowest BCUT2D eigenvalue weighted by molar-refractivity contribution is -0.927. The van der Waals surface area contributed by atoms with Crippen molar-refractivity contribution in [2.75, 3.05) is 26.2 Å². The molecule has 0 rings (SSSR count). The van der Waals surface area contributed by atoms with Gasteiger partial charge in [0.25, 0.3) is 0 Å². The molecule has 0 aliphatic heterocycles. The zero-order valence-corrected chi connectivity index (χ0v) is 20.1. The number of quaternary nitrogens is 1. The van der Waals surface area contributed by atoms with Crippen LogP contribution in [0.1, 0.15) is 103 Å². The highest BCUT2D eigenvalue weighted by Crippen LogP contribution is 2.16. The molecule has 0 aliphatic carbocycles. The molecule has 0 amide bonds. The van der Waals surface area contributed by atoms with Gasteiger partial charge in [-0.2, -0.15) is 0 Å². The second kappa shape index (κ2) is 19.8. The van der Waals surface area contributed by atoms with E-state index in [9.17, 15) is 14.4 Å². The van der Waals surface area contributed by atoms with Crippen LogP contribution in [0.15, 0.2) is 12.2 Å². The van der Waals surface area contributed by atoms with Crippen molar-refractivity contribution in [2.45, 2.75) is 103 Å². The van der Waals surface area contributed by atoms with Gasteiger partial charge in [0.2, 0.25) is 0 Å². The third-order valence-electron chi connectivity index (χ3n) is 6.04. The summed E-state index contributed by atoms with van der Waals surface area (Å²) in [5.41, 5.74) is 0. The minimum atomic E-state index is -0.941. The van der Waals surface area contributed by atoms with Gasteiger partial charge in [0.1, 0.15) is 0 Å². The summed E-state index contributed by atoms with van der Waals surface area (Å²) in [7, 11) is 0. The molecule has 0 bridgehead atoms. The molecule has 0 saturated heterocycles. The number of allylic oxidation sites excluding steroid dienone is 2. The summed E-state index contributed by atoms with van der Waals surface area (Å²) in [6.45, 7) is 3.67. The highest BCUT2D eigenvalue weighted by Gasteiger charge is 2.29. The molecule has 0 atom stereocenters. The number of unbranched alkanes of at least 4 members (excludes halogenated alkanes) is 10. The van der Waals surface area contributed by atoms with Gasteiger partial charge in [-0.3, -0.25) is 14.4 Å². The number of hydrogen-bond acceptors (Lipinski definition) is 3. The number of rotatable bonds is 23. The van der Waals surface area contributed by atoms with Crippen LogP contribution in [0, 0.1) is 0 Å². The van der Waals surface area contributed by atoms with Crippen LogP contribution in [-0.4, -0.2) is 63.9 Å². The van der Waals surface area contributed by atoms with Gasteiger partial charge >= 0.3 is 17.9 Å². The number of hydrogen-bond donors (Lipinski definition) is 3. The van der Waals surface area contributed by atoms with Gasteiger partial charge in [-0.25, -0.2) is 0 Å². The van der Waals surface area contributed by atoms with Gasteiger partial charge in [-0.05, 0) is 38.5 Å². The monoisotopic (exact) mass is 456 g/mol.